The second-order valence-corrected chi connectivity index (χ2v) is 5.90. The van der Waals surface area contributed by atoms with Gasteiger partial charge in [0.15, 0.2) is 11.5 Å². The van der Waals surface area contributed by atoms with Crippen LogP contribution in [0.25, 0.3) is 0 Å². The minimum absolute atomic E-state index is 0.0310. The lowest BCUT2D eigenvalue weighted by molar-refractivity contribution is -0.385. The van der Waals surface area contributed by atoms with E-state index in [2.05, 4.69) is 15.8 Å². The van der Waals surface area contributed by atoms with E-state index in [1.54, 1.807) is 31.2 Å². The third kappa shape index (κ3) is 5.83. The molecule has 0 saturated carbocycles. The number of aromatic hydroxyl groups is 1. The smallest absolute Gasteiger partial charge is 0.274 e. The maximum Gasteiger partial charge on any atom is 0.274 e. The molecule has 0 aliphatic rings. The standard InChI is InChI=1S/C19H22N4O6/c1-4-29-16-7-5-14(6-8-16)21-12(2)19(25)22-20-11-13-9-15(23(26)27)10-17(28-3)18(13)24/h5-12,21,24H,4H2,1-3H3,(H,22,25). The minimum atomic E-state index is -0.624. The Hall–Kier alpha value is -3.82. The van der Waals surface area contributed by atoms with E-state index in [1.807, 2.05) is 6.92 Å². The topological polar surface area (TPSA) is 135 Å². The summed E-state index contributed by atoms with van der Waals surface area (Å²) in [6.07, 6.45) is 1.10. The molecule has 2 aromatic carbocycles. The Morgan fingerprint density at radius 3 is 2.62 bits per heavy atom. The predicted octanol–water partition coefficient (Wildman–Crippen LogP) is 2.66. The van der Waals surface area contributed by atoms with E-state index in [4.69, 9.17) is 9.47 Å². The molecule has 2 aromatic rings. The summed E-state index contributed by atoms with van der Waals surface area (Å²) in [7, 11) is 1.27. The molecule has 2 rings (SSSR count). The summed E-state index contributed by atoms with van der Waals surface area (Å²) in [6, 6.07) is 8.73. The van der Waals surface area contributed by atoms with Crippen LogP contribution in [-0.2, 0) is 4.79 Å². The third-order valence-electron chi connectivity index (χ3n) is 3.84. The van der Waals surface area contributed by atoms with Gasteiger partial charge < -0.3 is 19.9 Å². The predicted molar refractivity (Wildman–Crippen MR) is 108 cm³/mol. The fourth-order valence-electron chi connectivity index (χ4n) is 2.37. The molecule has 1 unspecified atom stereocenters. The number of phenolic OH excluding ortho intramolecular Hbond substituents is 1. The van der Waals surface area contributed by atoms with Gasteiger partial charge in [0.2, 0.25) is 0 Å². The van der Waals surface area contributed by atoms with Crippen molar-refractivity contribution >= 4 is 23.5 Å². The fraction of sp³-hybridized carbons (Fsp3) is 0.263. The number of nitrogens with zero attached hydrogens (tertiary/aromatic N) is 2. The largest absolute Gasteiger partial charge is 0.504 e. The molecule has 0 bridgehead atoms. The second kappa shape index (κ2) is 9.93. The van der Waals surface area contributed by atoms with Gasteiger partial charge in [0.1, 0.15) is 11.8 Å². The molecule has 1 amide bonds. The van der Waals surface area contributed by atoms with Gasteiger partial charge >= 0.3 is 0 Å². The Balaban J connectivity index is 2.01. The number of hydrogen-bond donors (Lipinski definition) is 3. The summed E-state index contributed by atoms with van der Waals surface area (Å²) in [6.45, 7) is 4.10. The molecule has 0 radical (unpaired) electrons. The molecule has 29 heavy (non-hydrogen) atoms. The molecule has 0 saturated heterocycles. The fourth-order valence-corrected chi connectivity index (χ4v) is 2.37. The van der Waals surface area contributed by atoms with Gasteiger partial charge in [-0.3, -0.25) is 14.9 Å². The van der Waals surface area contributed by atoms with E-state index in [0.717, 1.165) is 29.8 Å². The van der Waals surface area contributed by atoms with Gasteiger partial charge in [0.05, 0.1) is 30.9 Å². The maximum atomic E-state index is 12.2. The SMILES string of the molecule is CCOc1ccc(NC(C)C(=O)NN=Cc2cc([N+](=O)[O-])cc(OC)c2O)cc1. The van der Waals surface area contributed by atoms with Crippen molar-refractivity contribution in [3.8, 4) is 17.2 Å². The number of ether oxygens (including phenoxy) is 2. The number of phenols is 1. The Labute approximate surface area is 167 Å². The average molecular weight is 402 g/mol. The van der Waals surface area contributed by atoms with Crippen LogP contribution in [0.4, 0.5) is 11.4 Å². The van der Waals surface area contributed by atoms with Crippen molar-refractivity contribution in [3.63, 3.8) is 0 Å². The molecule has 0 heterocycles. The number of carbonyl (C=O) groups is 1. The van der Waals surface area contributed by atoms with E-state index < -0.39 is 16.9 Å². The number of rotatable bonds is 9. The highest BCUT2D eigenvalue weighted by atomic mass is 16.6. The Bertz CT molecular complexity index is 898. The number of hydrazone groups is 1. The highest BCUT2D eigenvalue weighted by Gasteiger charge is 2.16. The molecule has 0 aliphatic carbocycles. The van der Waals surface area contributed by atoms with Crippen molar-refractivity contribution in [2.75, 3.05) is 19.0 Å². The van der Waals surface area contributed by atoms with E-state index in [0.29, 0.717) is 6.61 Å². The number of nitrogens with one attached hydrogen (secondary N) is 2. The van der Waals surface area contributed by atoms with Crippen LogP contribution in [0.15, 0.2) is 41.5 Å². The highest BCUT2D eigenvalue weighted by molar-refractivity contribution is 5.89. The first-order valence-electron chi connectivity index (χ1n) is 8.73. The average Bonchev–Trinajstić information content (AvgIpc) is 2.70. The first kappa shape index (κ1) is 21.5. The Morgan fingerprint density at radius 2 is 2.03 bits per heavy atom. The summed E-state index contributed by atoms with van der Waals surface area (Å²) < 4.78 is 10.3. The molecule has 0 aliphatic heterocycles. The second-order valence-electron chi connectivity index (χ2n) is 5.90. The normalized spacial score (nSPS) is 11.7. The minimum Gasteiger partial charge on any atom is -0.504 e. The quantitative estimate of drug-likeness (QED) is 0.333. The van der Waals surface area contributed by atoms with Gasteiger partial charge in [-0.2, -0.15) is 5.10 Å². The zero-order valence-electron chi connectivity index (χ0n) is 16.2. The van der Waals surface area contributed by atoms with Crippen LogP contribution in [0, 0.1) is 10.1 Å². The molecule has 0 aromatic heterocycles. The first-order valence-corrected chi connectivity index (χ1v) is 8.73. The van der Waals surface area contributed by atoms with Gasteiger partial charge in [0, 0.05) is 17.3 Å². The highest BCUT2D eigenvalue weighted by Crippen LogP contribution is 2.33. The molecule has 0 spiro atoms. The van der Waals surface area contributed by atoms with Crippen molar-refractivity contribution in [1.82, 2.24) is 5.43 Å². The molecular formula is C19H22N4O6. The molecule has 0 fully saturated rings. The van der Waals surface area contributed by atoms with Gasteiger partial charge in [-0.05, 0) is 38.1 Å². The van der Waals surface area contributed by atoms with Gasteiger partial charge in [-0.1, -0.05) is 0 Å². The van der Waals surface area contributed by atoms with Gasteiger partial charge in [-0.25, -0.2) is 5.43 Å². The van der Waals surface area contributed by atoms with Gasteiger partial charge in [0.25, 0.3) is 11.6 Å². The number of anilines is 1. The summed E-state index contributed by atoms with van der Waals surface area (Å²) in [5.41, 5.74) is 2.79. The lowest BCUT2D eigenvalue weighted by Gasteiger charge is -2.14. The molecule has 10 nitrogen and oxygen atoms in total. The summed E-state index contributed by atoms with van der Waals surface area (Å²) >= 11 is 0. The number of amides is 1. The summed E-state index contributed by atoms with van der Waals surface area (Å²) in [5, 5.41) is 27.8. The Morgan fingerprint density at radius 1 is 1.34 bits per heavy atom. The summed E-state index contributed by atoms with van der Waals surface area (Å²) in [4.78, 5) is 22.5. The van der Waals surface area contributed by atoms with Crippen molar-refractivity contribution < 1.29 is 24.3 Å². The molecular weight excluding hydrogens is 380 g/mol. The number of nitro benzene ring substituents is 1. The van der Waals surface area contributed by atoms with Gasteiger partial charge in [-0.15, -0.1) is 0 Å². The van der Waals surface area contributed by atoms with Crippen LogP contribution < -0.4 is 20.2 Å². The van der Waals surface area contributed by atoms with Crippen LogP contribution in [-0.4, -0.2) is 41.9 Å². The van der Waals surface area contributed by atoms with Crippen LogP contribution in [0.3, 0.4) is 0 Å². The number of carbonyl (C=O) groups excluding carboxylic acids is 1. The van der Waals surface area contributed by atoms with Crippen LogP contribution in [0.2, 0.25) is 0 Å². The number of non-ortho nitro benzene ring substituents is 1. The zero-order chi connectivity index (χ0) is 21.4. The zero-order valence-corrected chi connectivity index (χ0v) is 16.2. The maximum absolute atomic E-state index is 12.2. The van der Waals surface area contributed by atoms with Crippen molar-refractivity contribution in [2.45, 2.75) is 19.9 Å². The molecule has 3 N–H and O–H groups in total. The van der Waals surface area contributed by atoms with E-state index in [-0.39, 0.29) is 22.7 Å². The molecule has 154 valence electrons. The Kier molecular flexibility index (Phi) is 7.35. The van der Waals surface area contributed by atoms with Crippen LogP contribution >= 0.6 is 0 Å². The van der Waals surface area contributed by atoms with Crippen molar-refractivity contribution in [3.05, 3.63) is 52.1 Å². The van der Waals surface area contributed by atoms with Crippen molar-refractivity contribution in [1.29, 1.82) is 0 Å². The van der Waals surface area contributed by atoms with Crippen molar-refractivity contribution in [2.24, 2.45) is 5.10 Å². The van der Waals surface area contributed by atoms with E-state index in [9.17, 15) is 20.0 Å². The number of benzene rings is 2. The third-order valence-corrected chi connectivity index (χ3v) is 3.84. The number of hydrogen-bond acceptors (Lipinski definition) is 8. The van der Waals surface area contributed by atoms with E-state index >= 15 is 0 Å². The molecule has 10 heteroatoms. The lowest BCUT2D eigenvalue weighted by atomic mass is 10.2. The first-order chi connectivity index (χ1) is 13.8. The van der Waals surface area contributed by atoms with Crippen LogP contribution in [0.1, 0.15) is 19.4 Å². The van der Waals surface area contributed by atoms with E-state index in [1.165, 1.54) is 7.11 Å². The van der Waals surface area contributed by atoms with Crippen LogP contribution in [0.5, 0.6) is 17.2 Å². The number of methoxy groups -OCH3 is 1. The number of nitro groups is 1. The summed E-state index contributed by atoms with van der Waals surface area (Å²) in [5.74, 6) is -0.104. The monoisotopic (exact) mass is 402 g/mol. The lowest BCUT2D eigenvalue weighted by Crippen LogP contribution is -2.34. The molecule has 1 atom stereocenters.